The SMILES string of the molecule is Cc1cnc2c([N+](=O)[O-])cccc2c1NC(=O)N(C)C. The molecule has 0 aliphatic carbocycles. The zero-order valence-electron chi connectivity index (χ0n) is 11.4. The van der Waals surface area contributed by atoms with Gasteiger partial charge in [0.25, 0.3) is 5.69 Å². The summed E-state index contributed by atoms with van der Waals surface area (Å²) in [5.74, 6) is 0. The van der Waals surface area contributed by atoms with E-state index in [1.165, 1.54) is 17.2 Å². The summed E-state index contributed by atoms with van der Waals surface area (Å²) >= 11 is 0. The number of aryl methyl sites for hydroxylation is 1. The molecule has 1 aromatic carbocycles. The number of nitro groups is 1. The number of nitrogens with zero attached hydrogens (tertiary/aromatic N) is 3. The number of nitrogens with one attached hydrogen (secondary N) is 1. The number of aromatic nitrogens is 1. The first-order valence-corrected chi connectivity index (χ1v) is 5.93. The molecule has 0 bridgehead atoms. The number of nitro benzene ring substituents is 1. The van der Waals surface area contributed by atoms with Gasteiger partial charge in [0.05, 0.1) is 10.6 Å². The maximum atomic E-state index is 11.8. The lowest BCUT2D eigenvalue weighted by atomic mass is 10.1. The third kappa shape index (κ3) is 2.37. The summed E-state index contributed by atoms with van der Waals surface area (Å²) in [4.78, 5) is 27.8. The van der Waals surface area contributed by atoms with Gasteiger partial charge < -0.3 is 10.2 Å². The Morgan fingerprint density at radius 1 is 1.40 bits per heavy atom. The highest BCUT2D eigenvalue weighted by Gasteiger charge is 2.17. The predicted molar refractivity (Wildman–Crippen MR) is 75.8 cm³/mol. The summed E-state index contributed by atoms with van der Waals surface area (Å²) in [7, 11) is 3.24. The number of para-hydroxylation sites is 1. The van der Waals surface area contributed by atoms with E-state index in [-0.39, 0.29) is 17.2 Å². The first kappa shape index (κ1) is 13.7. The van der Waals surface area contributed by atoms with Gasteiger partial charge in [-0.05, 0) is 12.5 Å². The topological polar surface area (TPSA) is 88.4 Å². The van der Waals surface area contributed by atoms with E-state index in [4.69, 9.17) is 0 Å². The van der Waals surface area contributed by atoms with Crippen LogP contribution in [0.15, 0.2) is 24.4 Å². The Bertz CT molecular complexity index is 697. The van der Waals surface area contributed by atoms with Crippen LogP contribution in [0.25, 0.3) is 10.9 Å². The minimum absolute atomic E-state index is 0.0807. The van der Waals surface area contributed by atoms with Gasteiger partial charge in [0, 0.05) is 31.7 Å². The fraction of sp³-hybridized carbons (Fsp3) is 0.231. The number of rotatable bonds is 2. The zero-order chi connectivity index (χ0) is 14.9. The number of benzene rings is 1. The van der Waals surface area contributed by atoms with Crippen LogP contribution >= 0.6 is 0 Å². The second-order valence-corrected chi connectivity index (χ2v) is 4.57. The van der Waals surface area contributed by atoms with Crippen molar-refractivity contribution in [2.24, 2.45) is 0 Å². The summed E-state index contributed by atoms with van der Waals surface area (Å²) in [6.07, 6.45) is 1.51. The van der Waals surface area contributed by atoms with Gasteiger partial charge in [0.2, 0.25) is 0 Å². The fourth-order valence-corrected chi connectivity index (χ4v) is 1.84. The molecule has 0 spiro atoms. The number of pyridine rings is 1. The van der Waals surface area contributed by atoms with Crippen LogP contribution in [-0.2, 0) is 0 Å². The van der Waals surface area contributed by atoms with Gasteiger partial charge in [0.1, 0.15) is 5.52 Å². The monoisotopic (exact) mass is 274 g/mol. The molecule has 104 valence electrons. The van der Waals surface area contributed by atoms with E-state index in [0.717, 1.165) is 5.56 Å². The van der Waals surface area contributed by atoms with Crippen LogP contribution in [0.2, 0.25) is 0 Å². The number of hydrogen-bond donors (Lipinski definition) is 1. The Labute approximate surface area is 115 Å². The number of non-ortho nitro benzene ring substituents is 1. The van der Waals surface area contributed by atoms with Gasteiger partial charge >= 0.3 is 6.03 Å². The van der Waals surface area contributed by atoms with Crippen molar-refractivity contribution in [3.8, 4) is 0 Å². The maximum Gasteiger partial charge on any atom is 0.321 e. The molecule has 0 aliphatic rings. The zero-order valence-corrected chi connectivity index (χ0v) is 11.4. The third-order valence-electron chi connectivity index (χ3n) is 2.90. The summed E-state index contributed by atoms with van der Waals surface area (Å²) in [5.41, 5.74) is 1.46. The van der Waals surface area contributed by atoms with E-state index < -0.39 is 4.92 Å². The Balaban J connectivity index is 2.65. The second kappa shape index (κ2) is 5.12. The lowest BCUT2D eigenvalue weighted by Crippen LogP contribution is -2.27. The number of amides is 2. The molecule has 0 aliphatic heterocycles. The molecule has 2 amide bonds. The Morgan fingerprint density at radius 3 is 2.70 bits per heavy atom. The molecule has 0 fully saturated rings. The fourth-order valence-electron chi connectivity index (χ4n) is 1.84. The van der Waals surface area contributed by atoms with Crippen LogP contribution in [0.1, 0.15) is 5.56 Å². The highest BCUT2D eigenvalue weighted by atomic mass is 16.6. The summed E-state index contributed by atoms with van der Waals surface area (Å²) < 4.78 is 0. The molecule has 0 unspecified atom stereocenters. The number of hydrogen-bond acceptors (Lipinski definition) is 4. The molecule has 0 saturated carbocycles. The molecule has 7 heteroatoms. The van der Waals surface area contributed by atoms with Crippen molar-refractivity contribution in [3.63, 3.8) is 0 Å². The molecule has 2 aromatic rings. The lowest BCUT2D eigenvalue weighted by molar-refractivity contribution is -0.383. The van der Waals surface area contributed by atoms with E-state index in [9.17, 15) is 14.9 Å². The summed E-state index contributed by atoms with van der Waals surface area (Å²) in [5, 5.41) is 14.3. The normalized spacial score (nSPS) is 10.3. The summed E-state index contributed by atoms with van der Waals surface area (Å²) in [6, 6.07) is 4.37. The average molecular weight is 274 g/mol. The molecule has 1 aromatic heterocycles. The molecular formula is C13H14N4O3. The molecule has 2 rings (SSSR count). The molecule has 20 heavy (non-hydrogen) atoms. The van der Waals surface area contributed by atoms with Gasteiger partial charge in [0.15, 0.2) is 0 Å². The number of anilines is 1. The van der Waals surface area contributed by atoms with Gasteiger partial charge in [-0.2, -0.15) is 0 Å². The highest BCUT2D eigenvalue weighted by molar-refractivity contribution is 6.03. The van der Waals surface area contributed by atoms with Gasteiger partial charge in [-0.15, -0.1) is 0 Å². The molecule has 0 saturated heterocycles. The number of urea groups is 1. The minimum atomic E-state index is -0.484. The molecule has 1 N–H and O–H groups in total. The van der Waals surface area contributed by atoms with Crippen LogP contribution in [0.5, 0.6) is 0 Å². The number of carbonyl (C=O) groups is 1. The van der Waals surface area contributed by atoms with Crippen molar-refractivity contribution in [3.05, 3.63) is 40.1 Å². The van der Waals surface area contributed by atoms with E-state index in [1.807, 2.05) is 0 Å². The quantitative estimate of drug-likeness (QED) is 0.673. The van der Waals surface area contributed by atoms with Gasteiger partial charge in [-0.25, -0.2) is 9.78 Å². The average Bonchev–Trinajstić information content (AvgIpc) is 2.40. The summed E-state index contributed by atoms with van der Waals surface area (Å²) in [6.45, 7) is 1.79. The minimum Gasteiger partial charge on any atom is -0.331 e. The van der Waals surface area contributed by atoms with Gasteiger partial charge in [-0.3, -0.25) is 10.1 Å². The third-order valence-corrected chi connectivity index (χ3v) is 2.90. The molecule has 7 nitrogen and oxygen atoms in total. The molecule has 0 atom stereocenters. The smallest absolute Gasteiger partial charge is 0.321 e. The van der Waals surface area contributed by atoms with E-state index in [1.54, 1.807) is 33.2 Å². The van der Waals surface area contributed by atoms with Crippen LogP contribution < -0.4 is 5.32 Å². The van der Waals surface area contributed by atoms with Crippen molar-refractivity contribution >= 4 is 28.3 Å². The van der Waals surface area contributed by atoms with Crippen molar-refractivity contribution < 1.29 is 9.72 Å². The maximum absolute atomic E-state index is 11.8. The Kier molecular flexibility index (Phi) is 3.51. The van der Waals surface area contributed by atoms with Crippen LogP contribution in [0, 0.1) is 17.0 Å². The molecular weight excluding hydrogens is 260 g/mol. The van der Waals surface area contributed by atoms with Crippen LogP contribution in [0.4, 0.5) is 16.2 Å². The number of carbonyl (C=O) groups excluding carboxylic acids is 1. The first-order chi connectivity index (χ1) is 9.41. The van der Waals surface area contributed by atoms with Crippen LogP contribution in [0.3, 0.4) is 0 Å². The largest absolute Gasteiger partial charge is 0.331 e. The van der Waals surface area contributed by atoms with Crippen molar-refractivity contribution in [1.82, 2.24) is 9.88 Å². The lowest BCUT2D eigenvalue weighted by Gasteiger charge is -2.15. The Hall–Kier alpha value is -2.70. The van der Waals surface area contributed by atoms with Crippen molar-refractivity contribution in [2.75, 3.05) is 19.4 Å². The first-order valence-electron chi connectivity index (χ1n) is 5.93. The van der Waals surface area contributed by atoms with E-state index in [0.29, 0.717) is 11.1 Å². The van der Waals surface area contributed by atoms with E-state index in [2.05, 4.69) is 10.3 Å². The van der Waals surface area contributed by atoms with Crippen molar-refractivity contribution in [2.45, 2.75) is 6.92 Å². The molecule has 0 radical (unpaired) electrons. The van der Waals surface area contributed by atoms with Crippen molar-refractivity contribution in [1.29, 1.82) is 0 Å². The highest BCUT2D eigenvalue weighted by Crippen LogP contribution is 2.31. The second-order valence-electron chi connectivity index (χ2n) is 4.57. The number of fused-ring (bicyclic) bond motifs is 1. The molecule has 1 heterocycles. The predicted octanol–water partition coefficient (Wildman–Crippen LogP) is 2.54. The standard InChI is InChI=1S/C13H14N4O3/c1-8-7-14-12-9(5-4-6-10(12)17(19)20)11(8)15-13(18)16(2)3/h4-7H,1-3H3,(H,14,15,18). The van der Waals surface area contributed by atoms with Crippen LogP contribution in [-0.4, -0.2) is 34.9 Å². The Morgan fingerprint density at radius 2 is 2.10 bits per heavy atom. The van der Waals surface area contributed by atoms with E-state index >= 15 is 0 Å². The van der Waals surface area contributed by atoms with Gasteiger partial charge in [-0.1, -0.05) is 12.1 Å².